The predicted octanol–water partition coefficient (Wildman–Crippen LogP) is 4.72. The minimum absolute atomic E-state index is 0.452. The molecule has 1 aliphatic carbocycles. The number of hydrogen-bond donors (Lipinski definition) is 1. The number of halogens is 1. The van der Waals surface area contributed by atoms with E-state index >= 15 is 0 Å². The summed E-state index contributed by atoms with van der Waals surface area (Å²) in [4.78, 5) is 0. The Kier molecular flexibility index (Phi) is 4.06. The van der Waals surface area contributed by atoms with Gasteiger partial charge in [0.25, 0.3) is 0 Å². The maximum atomic E-state index is 3.77. The van der Waals surface area contributed by atoms with Crippen molar-refractivity contribution in [3.05, 3.63) is 56.2 Å². The van der Waals surface area contributed by atoms with Gasteiger partial charge in [-0.2, -0.15) is 11.3 Å². The van der Waals surface area contributed by atoms with Crippen LogP contribution in [0.25, 0.3) is 0 Å². The molecule has 3 rings (SSSR count). The van der Waals surface area contributed by atoms with Gasteiger partial charge in [0.15, 0.2) is 0 Å². The summed E-state index contributed by atoms with van der Waals surface area (Å²) in [5.74, 6) is 0. The first-order valence-corrected chi connectivity index (χ1v) is 8.51. The van der Waals surface area contributed by atoms with Crippen molar-refractivity contribution in [3.8, 4) is 0 Å². The highest BCUT2D eigenvalue weighted by Gasteiger charge is 2.20. The monoisotopic (exact) mass is 335 g/mol. The lowest BCUT2D eigenvalue weighted by Crippen LogP contribution is -2.36. The summed E-state index contributed by atoms with van der Waals surface area (Å²) in [6.45, 7) is 2.26. The average molecular weight is 336 g/mol. The molecular weight excluding hydrogens is 318 g/mol. The quantitative estimate of drug-likeness (QED) is 0.855. The normalized spacial score (nSPS) is 20.0. The molecule has 1 aliphatic rings. The first kappa shape index (κ1) is 13.3. The zero-order chi connectivity index (χ0) is 13.2. The van der Waals surface area contributed by atoms with E-state index in [9.17, 15) is 0 Å². The zero-order valence-electron chi connectivity index (χ0n) is 11.0. The summed E-state index contributed by atoms with van der Waals surface area (Å²) in [7, 11) is 0. The average Bonchev–Trinajstić information content (AvgIpc) is 2.93. The number of nitrogens with one attached hydrogen (secondary N) is 1. The predicted molar refractivity (Wildman–Crippen MR) is 85.8 cm³/mol. The molecular formula is C16H18BrNS. The Morgan fingerprint density at radius 3 is 3.00 bits per heavy atom. The van der Waals surface area contributed by atoms with Crippen LogP contribution in [0.5, 0.6) is 0 Å². The van der Waals surface area contributed by atoms with Gasteiger partial charge in [0.2, 0.25) is 0 Å². The molecule has 1 aromatic heterocycles. The van der Waals surface area contributed by atoms with Gasteiger partial charge in [0, 0.05) is 16.6 Å². The van der Waals surface area contributed by atoms with Crippen LogP contribution in [0.4, 0.5) is 0 Å². The summed E-state index contributed by atoms with van der Waals surface area (Å²) in [5.41, 5.74) is 4.42. The minimum atomic E-state index is 0.452. The van der Waals surface area contributed by atoms with Gasteiger partial charge in [-0.1, -0.05) is 22.0 Å². The van der Waals surface area contributed by atoms with E-state index in [0.29, 0.717) is 12.1 Å². The summed E-state index contributed by atoms with van der Waals surface area (Å²) >= 11 is 5.33. The molecule has 1 nitrogen and oxygen atoms in total. The topological polar surface area (TPSA) is 12.0 Å². The van der Waals surface area contributed by atoms with E-state index < -0.39 is 0 Å². The molecule has 0 radical (unpaired) electrons. The van der Waals surface area contributed by atoms with Gasteiger partial charge >= 0.3 is 0 Å². The highest BCUT2D eigenvalue weighted by Crippen LogP contribution is 2.26. The van der Waals surface area contributed by atoms with Crippen LogP contribution in [-0.4, -0.2) is 6.04 Å². The van der Waals surface area contributed by atoms with Crippen LogP contribution >= 0.6 is 27.3 Å². The maximum absolute atomic E-state index is 3.77. The fourth-order valence-corrected chi connectivity index (χ4v) is 4.00. The van der Waals surface area contributed by atoms with Crippen LogP contribution in [0.3, 0.4) is 0 Å². The lowest BCUT2D eigenvalue weighted by atomic mass is 9.88. The highest BCUT2D eigenvalue weighted by molar-refractivity contribution is 9.10. The molecule has 0 saturated carbocycles. The van der Waals surface area contributed by atoms with Gasteiger partial charge in [-0.05, 0) is 71.8 Å². The summed E-state index contributed by atoms with van der Waals surface area (Å²) in [6, 6.07) is 9.97. The second-order valence-corrected chi connectivity index (χ2v) is 6.99. The van der Waals surface area contributed by atoms with E-state index in [4.69, 9.17) is 0 Å². The van der Waals surface area contributed by atoms with Gasteiger partial charge < -0.3 is 5.32 Å². The molecule has 2 unspecified atom stereocenters. The fourth-order valence-electron chi connectivity index (χ4n) is 2.84. The lowest BCUT2D eigenvalue weighted by Gasteiger charge is -2.28. The molecule has 1 N–H and O–H groups in total. The lowest BCUT2D eigenvalue weighted by molar-refractivity contribution is 0.414. The van der Waals surface area contributed by atoms with Crippen LogP contribution < -0.4 is 5.32 Å². The summed E-state index contributed by atoms with van der Waals surface area (Å²) in [5, 5.41) is 8.17. The van der Waals surface area contributed by atoms with Gasteiger partial charge in [0.1, 0.15) is 0 Å². The SMILES string of the molecule is CC(NC1CCc2cc(Br)ccc2C1)c1ccsc1. The molecule has 2 atom stereocenters. The van der Waals surface area contributed by atoms with Gasteiger partial charge in [-0.3, -0.25) is 0 Å². The largest absolute Gasteiger partial charge is 0.307 e. The Morgan fingerprint density at radius 2 is 2.21 bits per heavy atom. The van der Waals surface area contributed by atoms with E-state index in [-0.39, 0.29) is 0 Å². The van der Waals surface area contributed by atoms with Crippen molar-refractivity contribution in [2.45, 2.75) is 38.3 Å². The Balaban J connectivity index is 1.67. The van der Waals surface area contributed by atoms with Crippen LogP contribution in [-0.2, 0) is 12.8 Å². The zero-order valence-corrected chi connectivity index (χ0v) is 13.4. The first-order valence-electron chi connectivity index (χ1n) is 6.78. The van der Waals surface area contributed by atoms with Crippen molar-refractivity contribution in [2.75, 3.05) is 0 Å². The van der Waals surface area contributed by atoms with Crippen LogP contribution in [0.1, 0.15) is 36.1 Å². The van der Waals surface area contributed by atoms with E-state index in [1.54, 1.807) is 11.3 Å². The molecule has 1 aromatic carbocycles. The van der Waals surface area contributed by atoms with Crippen molar-refractivity contribution < 1.29 is 0 Å². The number of rotatable bonds is 3. The Hall–Kier alpha value is -0.640. The number of aryl methyl sites for hydroxylation is 1. The molecule has 0 aliphatic heterocycles. The minimum Gasteiger partial charge on any atom is -0.307 e. The number of fused-ring (bicyclic) bond motifs is 1. The van der Waals surface area contributed by atoms with Crippen LogP contribution in [0.2, 0.25) is 0 Å². The summed E-state index contributed by atoms with van der Waals surface area (Å²) in [6.07, 6.45) is 3.57. The molecule has 0 fully saturated rings. The molecule has 3 heteroatoms. The standard InChI is InChI=1S/C16H18BrNS/c1-11(14-6-7-19-10-14)18-16-5-3-12-8-15(17)4-2-13(12)9-16/h2,4,6-8,10-11,16,18H,3,5,9H2,1H3. The molecule has 0 bridgehead atoms. The third-order valence-corrected chi connectivity index (χ3v) is 5.12. The smallest absolute Gasteiger partial charge is 0.0302 e. The Bertz CT molecular complexity index is 550. The molecule has 0 saturated heterocycles. The van der Waals surface area contributed by atoms with E-state index in [1.165, 1.54) is 34.0 Å². The maximum Gasteiger partial charge on any atom is 0.0302 e. The molecule has 0 amide bonds. The van der Waals surface area contributed by atoms with Crippen molar-refractivity contribution >= 4 is 27.3 Å². The Labute approximate surface area is 127 Å². The summed E-state index contributed by atoms with van der Waals surface area (Å²) < 4.78 is 1.20. The van der Waals surface area contributed by atoms with Crippen molar-refractivity contribution in [1.29, 1.82) is 0 Å². The van der Waals surface area contributed by atoms with Crippen molar-refractivity contribution in [3.63, 3.8) is 0 Å². The fraction of sp³-hybridized carbons (Fsp3) is 0.375. The van der Waals surface area contributed by atoms with E-state index in [2.05, 4.69) is 63.2 Å². The van der Waals surface area contributed by atoms with E-state index in [0.717, 1.165) is 6.42 Å². The van der Waals surface area contributed by atoms with E-state index in [1.807, 2.05) is 0 Å². The van der Waals surface area contributed by atoms with Gasteiger partial charge in [-0.25, -0.2) is 0 Å². The number of thiophene rings is 1. The molecule has 1 heterocycles. The molecule has 19 heavy (non-hydrogen) atoms. The third-order valence-electron chi connectivity index (χ3n) is 3.93. The van der Waals surface area contributed by atoms with Crippen LogP contribution in [0, 0.1) is 0 Å². The Morgan fingerprint density at radius 1 is 1.32 bits per heavy atom. The van der Waals surface area contributed by atoms with Crippen molar-refractivity contribution in [1.82, 2.24) is 5.32 Å². The first-order chi connectivity index (χ1) is 9.22. The third kappa shape index (κ3) is 3.10. The second kappa shape index (κ2) is 5.78. The number of hydrogen-bond acceptors (Lipinski definition) is 2. The number of benzene rings is 1. The second-order valence-electron chi connectivity index (χ2n) is 5.30. The molecule has 100 valence electrons. The highest BCUT2D eigenvalue weighted by atomic mass is 79.9. The molecule has 0 spiro atoms. The van der Waals surface area contributed by atoms with Gasteiger partial charge in [-0.15, -0.1) is 0 Å². The van der Waals surface area contributed by atoms with Gasteiger partial charge in [0.05, 0.1) is 0 Å². The molecule has 2 aromatic rings. The van der Waals surface area contributed by atoms with Crippen LogP contribution in [0.15, 0.2) is 39.5 Å². The van der Waals surface area contributed by atoms with Crippen molar-refractivity contribution in [2.24, 2.45) is 0 Å².